The molecule has 0 amide bonds. The summed E-state index contributed by atoms with van der Waals surface area (Å²) in [4.78, 5) is 3.58. The van der Waals surface area contributed by atoms with Gasteiger partial charge < -0.3 is 5.32 Å². The van der Waals surface area contributed by atoms with Gasteiger partial charge >= 0.3 is 0 Å². The van der Waals surface area contributed by atoms with E-state index in [1.165, 1.54) is 12.1 Å². The highest BCUT2D eigenvalue weighted by molar-refractivity contribution is 7.90. The summed E-state index contributed by atoms with van der Waals surface area (Å²) in [5.41, 5.74) is 0. The second-order valence-corrected chi connectivity index (χ2v) is 7.59. The van der Waals surface area contributed by atoms with Gasteiger partial charge in [0.25, 0.3) is 0 Å². The first-order valence-electron chi connectivity index (χ1n) is 5.64. The van der Waals surface area contributed by atoms with Crippen LogP contribution in [-0.4, -0.2) is 47.7 Å². The van der Waals surface area contributed by atoms with Crippen molar-refractivity contribution in [1.29, 1.82) is 0 Å². The van der Waals surface area contributed by atoms with E-state index in [0.29, 0.717) is 6.54 Å². The Hall–Kier alpha value is -1.03. The van der Waals surface area contributed by atoms with Gasteiger partial charge in [0, 0.05) is 25.5 Å². The molecule has 0 aromatic carbocycles. The lowest BCUT2D eigenvalue weighted by molar-refractivity contribution is 0.575. The molecule has 1 rings (SSSR count). The molecule has 0 aliphatic heterocycles. The zero-order chi connectivity index (χ0) is 14.5. The first-order chi connectivity index (χ1) is 8.77. The summed E-state index contributed by atoms with van der Waals surface area (Å²) >= 11 is 0. The summed E-state index contributed by atoms with van der Waals surface area (Å²) in [5.74, 6) is 0. The van der Waals surface area contributed by atoms with Gasteiger partial charge in [-0.3, -0.25) is 0 Å². The van der Waals surface area contributed by atoms with Gasteiger partial charge in [0.15, 0.2) is 14.9 Å². The summed E-state index contributed by atoms with van der Waals surface area (Å²) in [5, 5.41) is 2.83. The largest absolute Gasteiger partial charge is 0.316 e. The molecule has 0 aliphatic carbocycles. The first kappa shape index (κ1) is 16.0. The van der Waals surface area contributed by atoms with Crippen molar-refractivity contribution in [2.24, 2.45) is 0 Å². The fourth-order valence-corrected chi connectivity index (χ4v) is 2.81. The van der Waals surface area contributed by atoms with Gasteiger partial charge in [0.1, 0.15) is 4.90 Å². The van der Waals surface area contributed by atoms with E-state index in [1.807, 2.05) is 6.92 Å². The maximum atomic E-state index is 11.8. The van der Waals surface area contributed by atoms with Crippen LogP contribution < -0.4 is 10.0 Å². The number of rotatable bonds is 7. The van der Waals surface area contributed by atoms with Crippen molar-refractivity contribution in [2.45, 2.75) is 16.8 Å². The number of hydrogen-bond acceptors (Lipinski definition) is 6. The average Bonchev–Trinajstić information content (AvgIpc) is 2.34. The molecule has 0 atom stereocenters. The highest BCUT2D eigenvalue weighted by Crippen LogP contribution is 2.10. The molecule has 0 aliphatic rings. The zero-order valence-electron chi connectivity index (χ0n) is 10.8. The molecule has 0 saturated heterocycles. The normalized spacial score (nSPS) is 12.5. The Morgan fingerprint density at radius 1 is 1.16 bits per heavy atom. The van der Waals surface area contributed by atoms with Gasteiger partial charge in [-0.2, -0.15) is 0 Å². The van der Waals surface area contributed by atoms with Crippen molar-refractivity contribution >= 4 is 19.9 Å². The average molecular weight is 307 g/mol. The van der Waals surface area contributed by atoms with Crippen LogP contribution in [0.3, 0.4) is 0 Å². The highest BCUT2D eigenvalue weighted by Gasteiger charge is 2.15. The maximum absolute atomic E-state index is 11.8. The minimum atomic E-state index is -3.65. The molecular weight excluding hydrogens is 290 g/mol. The van der Waals surface area contributed by atoms with Crippen LogP contribution in [0.5, 0.6) is 0 Å². The van der Waals surface area contributed by atoms with Crippen LogP contribution in [-0.2, 0) is 19.9 Å². The zero-order valence-corrected chi connectivity index (χ0v) is 12.4. The van der Waals surface area contributed by atoms with Crippen molar-refractivity contribution in [3.8, 4) is 0 Å². The Labute approximate surface area is 113 Å². The number of likely N-dealkylation sites (N-methyl/N-ethyl adjacent to an activating group) is 1. The van der Waals surface area contributed by atoms with Gasteiger partial charge in [0.2, 0.25) is 10.0 Å². The molecule has 19 heavy (non-hydrogen) atoms. The molecule has 0 radical (unpaired) electrons. The maximum Gasteiger partial charge on any atom is 0.242 e. The topological polar surface area (TPSA) is 105 Å². The highest BCUT2D eigenvalue weighted by atomic mass is 32.2. The molecule has 1 heterocycles. The Morgan fingerprint density at radius 3 is 2.32 bits per heavy atom. The van der Waals surface area contributed by atoms with E-state index in [-0.39, 0.29) is 16.5 Å². The Morgan fingerprint density at radius 2 is 1.84 bits per heavy atom. The molecule has 2 N–H and O–H groups in total. The number of sulfone groups is 1. The predicted octanol–water partition coefficient (Wildman–Crippen LogP) is -0.627. The Kier molecular flexibility index (Phi) is 5.41. The monoisotopic (exact) mass is 307 g/mol. The summed E-state index contributed by atoms with van der Waals surface area (Å²) in [6.07, 6.45) is 2.05. The van der Waals surface area contributed by atoms with Crippen molar-refractivity contribution < 1.29 is 16.8 Å². The third-order valence-corrected chi connectivity index (χ3v) is 4.69. The van der Waals surface area contributed by atoms with Crippen LogP contribution in [0.25, 0.3) is 0 Å². The molecule has 0 spiro atoms. The van der Waals surface area contributed by atoms with Crippen LogP contribution in [0.1, 0.15) is 6.92 Å². The fraction of sp³-hybridized carbons (Fsp3) is 0.500. The third kappa shape index (κ3) is 4.86. The minimum Gasteiger partial charge on any atom is -0.316 e. The lowest BCUT2D eigenvalue weighted by atomic mass is 10.5. The molecule has 0 fully saturated rings. The van der Waals surface area contributed by atoms with E-state index in [1.54, 1.807) is 0 Å². The van der Waals surface area contributed by atoms with E-state index < -0.39 is 19.9 Å². The predicted molar refractivity (Wildman–Crippen MR) is 71.1 cm³/mol. The van der Waals surface area contributed by atoms with Gasteiger partial charge in [-0.1, -0.05) is 6.92 Å². The number of nitrogens with zero attached hydrogens (tertiary/aromatic N) is 1. The molecular formula is C10H17N3O4S2. The van der Waals surface area contributed by atoms with Gasteiger partial charge in [-0.05, 0) is 18.7 Å². The quantitative estimate of drug-likeness (QED) is 0.650. The number of hydrogen-bond donors (Lipinski definition) is 2. The lowest BCUT2D eigenvalue weighted by Crippen LogP contribution is -2.31. The van der Waals surface area contributed by atoms with Gasteiger partial charge in [-0.25, -0.2) is 26.5 Å². The fourth-order valence-electron chi connectivity index (χ4n) is 1.28. The minimum absolute atomic E-state index is 0.0589. The smallest absolute Gasteiger partial charge is 0.242 e. The van der Waals surface area contributed by atoms with E-state index in [4.69, 9.17) is 0 Å². The Balaban J connectivity index is 2.80. The van der Waals surface area contributed by atoms with Gasteiger partial charge in [0.05, 0.1) is 0 Å². The molecule has 1 aromatic heterocycles. The molecule has 0 unspecified atom stereocenters. The van der Waals surface area contributed by atoms with E-state index in [0.717, 1.165) is 19.0 Å². The van der Waals surface area contributed by atoms with Crippen LogP contribution >= 0.6 is 0 Å². The molecule has 108 valence electrons. The number of sulfonamides is 1. The number of aromatic nitrogens is 1. The molecule has 9 heteroatoms. The first-order valence-corrected chi connectivity index (χ1v) is 9.01. The second kappa shape index (κ2) is 6.42. The van der Waals surface area contributed by atoms with Crippen molar-refractivity contribution in [3.05, 3.63) is 18.3 Å². The summed E-state index contributed by atoms with van der Waals surface area (Å²) in [6.45, 7) is 3.45. The standard InChI is InChI=1S/C10H17N3O4S2/c1-3-11-6-7-13-19(16,17)9-4-5-10(12-8-9)18(2,14)15/h4-5,8,11,13H,3,6-7H2,1-2H3. The van der Waals surface area contributed by atoms with E-state index >= 15 is 0 Å². The van der Waals surface area contributed by atoms with Crippen molar-refractivity contribution in [1.82, 2.24) is 15.0 Å². The molecule has 7 nitrogen and oxygen atoms in total. The third-order valence-electron chi connectivity index (χ3n) is 2.24. The summed E-state index contributed by atoms with van der Waals surface area (Å²) in [7, 11) is -7.08. The summed E-state index contributed by atoms with van der Waals surface area (Å²) in [6, 6.07) is 2.40. The van der Waals surface area contributed by atoms with Crippen LogP contribution in [0.15, 0.2) is 28.3 Å². The number of nitrogens with one attached hydrogen (secondary N) is 2. The number of pyridine rings is 1. The van der Waals surface area contributed by atoms with Crippen molar-refractivity contribution in [3.63, 3.8) is 0 Å². The molecule has 0 saturated carbocycles. The van der Waals surface area contributed by atoms with Crippen LogP contribution in [0.2, 0.25) is 0 Å². The van der Waals surface area contributed by atoms with Gasteiger partial charge in [-0.15, -0.1) is 0 Å². The molecule has 0 bridgehead atoms. The molecule has 1 aromatic rings. The lowest BCUT2D eigenvalue weighted by Gasteiger charge is -2.07. The summed E-state index contributed by atoms with van der Waals surface area (Å²) < 4.78 is 48.4. The van der Waals surface area contributed by atoms with E-state index in [2.05, 4.69) is 15.0 Å². The van der Waals surface area contributed by atoms with Crippen LogP contribution in [0.4, 0.5) is 0 Å². The Bertz CT molecular complexity index is 609. The second-order valence-electron chi connectivity index (χ2n) is 3.86. The van der Waals surface area contributed by atoms with E-state index in [9.17, 15) is 16.8 Å². The van der Waals surface area contributed by atoms with Crippen LogP contribution in [0, 0.1) is 0 Å². The van der Waals surface area contributed by atoms with Crippen molar-refractivity contribution in [2.75, 3.05) is 25.9 Å². The SMILES string of the molecule is CCNCCNS(=O)(=O)c1ccc(S(C)(=O)=O)nc1.